The number of nitrogens with zero attached hydrogens (tertiary/aromatic N) is 1. The second kappa shape index (κ2) is 5.30. The van der Waals surface area contributed by atoms with Crippen LogP contribution in [0.15, 0.2) is 18.2 Å². The molecule has 0 aliphatic heterocycles. The number of carbonyl (C=O) groups is 1. The number of rotatable bonds is 3. The molecule has 1 rings (SSSR count). The van der Waals surface area contributed by atoms with Crippen LogP contribution < -0.4 is 0 Å². The summed E-state index contributed by atoms with van der Waals surface area (Å²) < 4.78 is 13.7. The average Bonchev–Trinajstić information content (AvgIpc) is 2.29. The zero-order valence-corrected chi connectivity index (χ0v) is 10.4. The molecule has 0 heterocycles. The molecule has 0 bridgehead atoms. The number of hydrogen-bond acceptors (Lipinski definition) is 1. The third-order valence-electron chi connectivity index (χ3n) is 2.63. The van der Waals surface area contributed by atoms with Gasteiger partial charge in [0.15, 0.2) is 0 Å². The van der Waals surface area contributed by atoms with Gasteiger partial charge in [-0.05, 0) is 25.5 Å². The molecule has 0 aliphatic rings. The van der Waals surface area contributed by atoms with Gasteiger partial charge in [-0.25, -0.2) is 4.39 Å². The van der Waals surface area contributed by atoms with Gasteiger partial charge < -0.3 is 4.90 Å². The SMILES string of the molecule is Cc1cccc(C(=O)N(C)C(C)CCl)c1F. The maximum atomic E-state index is 13.7. The number of amides is 1. The van der Waals surface area contributed by atoms with E-state index in [0.717, 1.165) is 0 Å². The van der Waals surface area contributed by atoms with Crippen molar-refractivity contribution in [2.45, 2.75) is 19.9 Å². The van der Waals surface area contributed by atoms with Crippen LogP contribution in [0.3, 0.4) is 0 Å². The first-order valence-corrected chi connectivity index (χ1v) is 5.60. The molecule has 2 nitrogen and oxygen atoms in total. The van der Waals surface area contributed by atoms with Crippen LogP contribution >= 0.6 is 11.6 Å². The van der Waals surface area contributed by atoms with Gasteiger partial charge in [-0.1, -0.05) is 12.1 Å². The van der Waals surface area contributed by atoms with Crippen molar-refractivity contribution in [3.63, 3.8) is 0 Å². The Morgan fingerprint density at radius 3 is 2.75 bits per heavy atom. The summed E-state index contributed by atoms with van der Waals surface area (Å²) in [5.41, 5.74) is 0.567. The summed E-state index contributed by atoms with van der Waals surface area (Å²) >= 11 is 5.66. The first-order valence-electron chi connectivity index (χ1n) is 5.07. The summed E-state index contributed by atoms with van der Waals surface area (Å²) in [5.74, 6) is -0.467. The van der Waals surface area contributed by atoms with Gasteiger partial charge in [0.05, 0.1) is 5.56 Å². The molecular weight excluding hydrogens is 229 g/mol. The second-order valence-corrected chi connectivity index (χ2v) is 4.16. The molecule has 0 N–H and O–H groups in total. The Morgan fingerprint density at radius 2 is 2.19 bits per heavy atom. The monoisotopic (exact) mass is 243 g/mol. The predicted molar refractivity (Wildman–Crippen MR) is 63.4 cm³/mol. The number of hydrogen-bond donors (Lipinski definition) is 0. The van der Waals surface area contributed by atoms with Crippen LogP contribution in [-0.2, 0) is 0 Å². The number of carbonyl (C=O) groups excluding carboxylic acids is 1. The van der Waals surface area contributed by atoms with Crippen molar-refractivity contribution >= 4 is 17.5 Å². The van der Waals surface area contributed by atoms with E-state index in [1.807, 2.05) is 6.92 Å². The zero-order chi connectivity index (χ0) is 12.3. The van der Waals surface area contributed by atoms with E-state index in [9.17, 15) is 9.18 Å². The summed E-state index contributed by atoms with van der Waals surface area (Å²) in [4.78, 5) is 13.4. The number of alkyl halides is 1. The van der Waals surface area contributed by atoms with Crippen LogP contribution in [0.5, 0.6) is 0 Å². The summed E-state index contributed by atoms with van der Waals surface area (Å²) in [6.07, 6.45) is 0. The Hall–Kier alpha value is -1.09. The zero-order valence-electron chi connectivity index (χ0n) is 9.63. The minimum Gasteiger partial charge on any atom is -0.338 e. The first kappa shape index (κ1) is 13.0. The maximum absolute atomic E-state index is 13.7. The van der Waals surface area contributed by atoms with Crippen molar-refractivity contribution in [3.8, 4) is 0 Å². The highest BCUT2D eigenvalue weighted by atomic mass is 35.5. The highest BCUT2D eigenvalue weighted by Crippen LogP contribution is 2.15. The van der Waals surface area contributed by atoms with Gasteiger partial charge in [-0.15, -0.1) is 11.6 Å². The fourth-order valence-electron chi connectivity index (χ4n) is 1.31. The normalized spacial score (nSPS) is 12.3. The quantitative estimate of drug-likeness (QED) is 0.748. The van der Waals surface area contributed by atoms with E-state index in [-0.39, 0.29) is 17.5 Å². The van der Waals surface area contributed by atoms with Crippen LogP contribution in [0.4, 0.5) is 4.39 Å². The Labute approximate surface area is 100 Å². The van der Waals surface area contributed by atoms with E-state index in [1.54, 1.807) is 26.1 Å². The molecule has 0 saturated heterocycles. The van der Waals surface area contributed by atoms with Crippen LogP contribution in [0, 0.1) is 12.7 Å². The van der Waals surface area contributed by atoms with E-state index in [2.05, 4.69) is 0 Å². The third kappa shape index (κ3) is 2.53. The molecule has 1 aromatic carbocycles. The van der Waals surface area contributed by atoms with E-state index in [0.29, 0.717) is 11.4 Å². The van der Waals surface area contributed by atoms with Crippen LogP contribution in [0.25, 0.3) is 0 Å². The van der Waals surface area contributed by atoms with E-state index < -0.39 is 5.82 Å². The first-order chi connectivity index (χ1) is 7.49. The largest absolute Gasteiger partial charge is 0.338 e. The van der Waals surface area contributed by atoms with Gasteiger partial charge in [0.25, 0.3) is 5.91 Å². The predicted octanol–water partition coefficient (Wildman–Crippen LogP) is 2.83. The lowest BCUT2D eigenvalue weighted by atomic mass is 10.1. The van der Waals surface area contributed by atoms with Gasteiger partial charge >= 0.3 is 0 Å². The highest BCUT2D eigenvalue weighted by molar-refractivity contribution is 6.18. The molecule has 0 radical (unpaired) electrons. The van der Waals surface area contributed by atoms with Crippen molar-refractivity contribution in [3.05, 3.63) is 35.1 Å². The highest BCUT2D eigenvalue weighted by Gasteiger charge is 2.20. The molecule has 0 aliphatic carbocycles. The van der Waals surface area contributed by atoms with E-state index >= 15 is 0 Å². The molecule has 0 fully saturated rings. The molecule has 4 heteroatoms. The fraction of sp³-hybridized carbons (Fsp3) is 0.417. The Balaban J connectivity index is 3.01. The molecule has 0 saturated carbocycles. The minimum atomic E-state index is -0.457. The molecule has 0 aromatic heterocycles. The number of benzene rings is 1. The molecule has 1 amide bonds. The standard InChI is InChI=1S/C12H15ClFNO/c1-8-5-4-6-10(11(8)14)12(16)15(3)9(2)7-13/h4-6,9H,7H2,1-3H3. The minimum absolute atomic E-state index is 0.0967. The van der Waals surface area contributed by atoms with Crippen molar-refractivity contribution < 1.29 is 9.18 Å². The fourth-order valence-corrected chi connectivity index (χ4v) is 1.51. The van der Waals surface area contributed by atoms with Gasteiger partial charge in [-0.2, -0.15) is 0 Å². The van der Waals surface area contributed by atoms with Crippen LogP contribution in [-0.4, -0.2) is 29.8 Å². The molecule has 1 unspecified atom stereocenters. The smallest absolute Gasteiger partial charge is 0.256 e. The van der Waals surface area contributed by atoms with E-state index in [1.165, 1.54) is 11.0 Å². The van der Waals surface area contributed by atoms with Crippen molar-refractivity contribution in [1.82, 2.24) is 4.90 Å². The summed E-state index contributed by atoms with van der Waals surface area (Å²) in [6, 6.07) is 4.68. The Bertz CT molecular complexity index is 395. The maximum Gasteiger partial charge on any atom is 0.256 e. The van der Waals surface area contributed by atoms with Crippen molar-refractivity contribution in [1.29, 1.82) is 0 Å². The van der Waals surface area contributed by atoms with Gasteiger partial charge in [0, 0.05) is 19.0 Å². The number of halogens is 2. The average molecular weight is 244 g/mol. The lowest BCUT2D eigenvalue weighted by molar-refractivity contribution is 0.0752. The van der Waals surface area contributed by atoms with Crippen LogP contribution in [0.2, 0.25) is 0 Å². The lowest BCUT2D eigenvalue weighted by Gasteiger charge is -2.23. The second-order valence-electron chi connectivity index (χ2n) is 3.86. The summed E-state index contributed by atoms with van der Waals surface area (Å²) in [6.45, 7) is 3.45. The van der Waals surface area contributed by atoms with Gasteiger partial charge in [0.2, 0.25) is 0 Å². The molecule has 1 aromatic rings. The number of aryl methyl sites for hydroxylation is 1. The Kier molecular flexibility index (Phi) is 4.30. The summed E-state index contributed by atoms with van der Waals surface area (Å²) in [7, 11) is 1.62. The molecule has 1 atom stereocenters. The molecule has 16 heavy (non-hydrogen) atoms. The van der Waals surface area contributed by atoms with E-state index in [4.69, 9.17) is 11.6 Å². The lowest BCUT2D eigenvalue weighted by Crippen LogP contribution is -2.36. The topological polar surface area (TPSA) is 20.3 Å². The Morgan fingerprint density at radius 1 is 1.56 bits per heavy atom. The summed E-state index contributed by atoms with van der Waals surface area (Å²) in [5, 5.41) is 0. The van der Waals surface area contributed by atoms with Gasteiger partial charge in [0.1, 0.15) is 5.82 Å². The molecule has 88 valence electrons. The third-order valence-corrected chi connectivity index (χ3v) is 3.07. The van der Waals surface area contributed by atoms with Gasteiger partial charge in [-0.3, -0.25) is 4.79 Å². The van der Waals surface area contributed by atoms with Crippen molar-refractivity contribution in [2.75, 3.05) is 12.9 Å². The molecular formula is C12H15ClFNO. The molecule has 0 spiro atoms. The van der Waals surface area contributed by atoms with Crippen LogP contribution in [0.1, 0.15) is 22.8 Å². The van der Waals surface area contributed by atoms with Crippen molar-refractivity contribution in [2.24, 2.45) is 0 Å².